The number of hydrogen-bond donors (Lipinski definition) is 3. The summed E-state index contributed by atoms with van der Waals surface area (Å²) >= 11 is 1.48. The van der Waals surface area contributed by atoms with Gasteiger partial charge in [0, 0.05) is 4.88 Å². The fourth-order valence-electron chi connectivity index (χ4n) is 1.16. The van der Waals surface area contributed by atoms with E-state index in [9.17, 15) is 15.0 Å². The summed E-state index contributed by atoms with van der Waals surface area (Å²) in [6.45, 7) is 1.90. The predicted molar refractivity (Wildman–Crippen MR) is 53.8 cm³/mol. The first-order valence-electron chi connectivity index (χ1n) is 4.20. The third-order valence-corrected chi connectivity index (χ3v) is 2.75. The van der Waals surface area contributed by atoms with Crippen LogP contribution in [0.1, 0.15) is 23.0 Å². The molecule has 0 saturated carbocycles. The van der Waals surface area contributed by atoms with Crippen molar-refractivity contribution in [3.63, 3.8) is 0 Å². The van der Waals surface area contributed by atoms with E-state index >= 15 is 0 Å². The molecule has 2 atom stereocenters. The fraction of sp³-hybridized carbons (Fsp3) is 0.444. The molecule has 4 N–H and O–H groups in total. The Kier molecular flexibility index (Phi) is 3.62. The van der Waals surface area contributed by atoms with Crippen LogP contribution in [0.15, 0.2) is 11.4 Å². The van der Waals surface area contributed by atoms with Gasteiger partial charge in [-0.15, -0.1) is 11.3 Å². The highest BCUT2D eigenvalue weighted by molar-refractivity contribution is 7.10. The molecule has 1 aromatic rings. The van der Waals surface area contributed by atoms with Crippen molar-refractivity contribution in [2.45, 2.75) is 25.6 Å². The molecule has 14 heavy (non-hydrogen) atoms. The first kappa shape index (κ1) is 11.2. The zero-order valence-corrected chi connectivity index (χ0v) is 8.62. The zero-order chi connectivity index (χ0) is 10.7. The predicted octanol–water partition coefficient (Wildman–Crippen LogP) is 0.326. The number of nitrogens with two attached hydrogens (primary N) is 1. The number of carbonyl (C=O) groups excluding carboxylic acids is 1. The Morgan fingerprint density at radius 3 is 2.71 bits per heavy atom. The molecular weight excluding hydrogens is 202 g/mol. The molecule has 5 heteroatoms. The van der Waals surface area contributed by atoms with E-state index in [1.807, 2.05) is 6.92 Å². The van der Waals surface area contributed by atoms with Gasteiger partial charge in [-0.1, -0.05) is 0 Å². The lowest BCUT2D eigenvalue weighted by atomic mass is 10.0. The number of hydrogen-bond acceptors (Lipinski definition) is 4. The molecule has 0 bridgehead atoms. The Hall–Kier alpha value is -0.910. The average Bonchev–Trinajstić information content (AvgIpc) is 2.49. The lowest BCUT2D eigenvalue weighted by Crippen LogP contribution is -2.25. The zero-order valence-electron chi connectivity index (χ0n) is 7.80. The summed E-state index contributed by atoms with van der Waals surface area (Å²) in [6.07, 6.45) is -2.38. The standard InChI is InChI=1S/C9H13NO3S/c1-5-2-6(4-14-5)9(13)7(11)3-8(10)12/h2,4,7,9,11,13H,3H2,1H3,(H2,10,12). The molecule has 4 nitrogen and oxygen atoms in total. The Bertz CT molecular complexity index is 324. The summed E-state index contributed by atoms with van der Waals surface area (Å²) in [6, 6.07) is 1.78. The molecule has 1 aromatic heterocycles. The molecule has 1 heterocycles. The number of thiophene rings is 1. The van der Waals surface area contributed by atoms with Gasteiger partial charge in [-0.2, -0.15) is 0 Å². The van der Waals surface area contributed by atoms with Crippen molar-refractivity contribution in [1.82, 2.24) is 0 Å². The van der Waals surface area contributed by atoms with Crippen LogP contribution < -0.4 is 5.73 Å². The topological polar surface area (TPSA) is 83.6 Å². The molecule has 0 saturated heterocycles. The van der Waals surface area contributed by atoms with E-state index in [0.29, 0.717) is 5.56 Å². The van der Waals surface area contributed by atoms with E-state index in [4.69, 9.17) is 5.73 Å². The van der Waals surface area contributed by atoms with Crippen LogP contribution in [-0.4, -0.2) is 22.2 Å². The number of carbonyl (C=O) groups is 1. The summed E-state index contributed by atoms with van der Waals surface area (Å²) in [7, 11) is 0. The molecule has 0 aliphatic heterocycles. The lowest BCUT2D eigenvalue weighted by Gasteiger charge is -2.14. The van der Waals surface area contributed by atoms with Crippen molar-refractivity contribution in [3.8, 4) is 0 Å². The van der Waals surface area contributed by atoms with Crippen LogP contribution in [0.4, 0.5) is 0 Å². The molecule has 0 spiro atoms. The molecule has 1 rings (SSSR count). The first-order valence-corrected chi connectivity index (χ1v) is 5.08. The van der Waals surface area contributed by atoms with Gasteiger partial charge in [0.05, 0.1) is 12.5 Å². The highest BCUT2D eigenvalue weighted by Gasteiger charge is 2.20. The van der Waals surface area contributed by atoms with Gasteiger partial charge in [0.2, 0.25) is 5.91 Å². The van der Waals surface area contributed by atoms with E-state index in [2.05, 4.69) is 0 Å². The molecule has 0 aliphatic rings. The van der Waals surface area contributed by atoms with Gasteiger partial charge in [-0.05, 0) is 23.9 Å². The molecule has 0 fully saturated rings. The van der Waals surface area contributed by atoms with Crippen molar-refractivity contribution < 1.29 is 15.0 Å². The van der Waals surface area contributed by atoms with Crippen LogP contribution in [0.25, 0.3) is 0 Å². The normalized spacial score (nSPS) is 15.1. The molecule has 2 unspecified atom stereocenters. The molecule has 0 aliphatic carbocycles. The minimum Gasteiger partial charge on any atom is -0.390 e. The van der Waals surface area contributed by atoms with E-state index in [0.717, 1.165) is 4.88 Å². The van der Waals surface area contributed by atoms with Crippen LogP contribution in [0, 0.1) is 6.92 Å². The highest BCUT2D eigenvalue weighted by atomic mass is 32.1. The summed E-state index contributed by atoms with van der Waals surface area (Å²) in [5.74, 6) is -0.622. The number of primary amides is 1. The van der Waals surface area contributed by atoms with Gasteiger partial charge in [-0.3, -0.25) is 4.79 Å². The van der Waals surface area contributed by atoms with E-state index in [1.54, 1.807) is 11.4 Å². The molecule has 0 aromatic carbocycles. The quantitative estimate of drug-likeness (QED) is 0.676. The van der Waals surface area contributed by atoms with Crippen molar-refractivity contribution in [2.75, 3.05) is 0 Å². The Morgan fingerprint density at radius 1 is 1.64 bits per heavy atom. The second kappa shape index (κ2) is 4.54. The van der Waals surface area contributed by atoms with Crippen LogP contribution in [0.2, 0.25) is 0 Å². The number of amides is 1. The van der Waals surface area contributed by atoms with Gasteiger partial charge in [-0.25, -0.2) is 0 Å². The molecule has 78 valence electrons. The minimum absolute atomic E-state index is 0.226. The van der Waals surface area contributed by atoms with Crippen molar-refractivity contribution in [2.24, 2.45) is 5.73 Å². The summed E-state index contributed by atoms with van der Waals surface area (Å²) < 4.78 is 0. The first-order chi connectivity index (χ1) is 6.50. The third-order valence-electron chi connectivity index (χ3n) is 1.87. The fourth-order valence-corrected chi connectivity index (χ4v) is 1.89. The Balaban J connectivity index is 2.65. The van der Waals surface area contributed by atoms with Gasteiger partial charge >= 0.3 is 0 Å². The maximum atomic E-state index is 10.5. The van der Waals surface area contributed by atoms with Gasteiger partial charge in [0.1, 0.15) is 6.10 Å². The molecule has 1 amide bonds. The van der Waals surface area contributed by atoms with Crippen molar-refractivity contribution >= 4 is 17.2 Å². The van der Waals surface area contributed by atoms with Crippen LogP contribution in [0.5, 0.6) is 0 Å². The van der Waals surface area contributed by atoms with Crippen molar-refractivity contribution in [3.05, 3.63) is 21.9 Å². The van der Waals surface area contributed by atoms with E-state index < -0.39 is 18.1 Å². The monoisotopic (exact) mass is 215 g/mol. The largest absolute Gasteiger partial charge is 0.390 e. The summed E-state index contributed by atoms with van der Waals surface area (Å²) in [5.41, 5.74) is 5.53. The smallest absolute Gasteiger partial charge is 0.220 e. The number of aliphatic hydroxyl groups excluding tert-OH is 2. The van der Waals surface area contributed by atoms with Crippen LogP contribution >= 0.6 is 11.3 Å². The molecular formula is C9H13NO3S. The van der Waals surface area contributed by atoms with Gasteiger partial charge < -0.3 is 15.9 Å². The van der Waals surface area contributed by atoms with Crippen molar-refractivity contribution in [1.29, 1.82) is 0 Å². The second-order valence-electron chi connectivity index (χ2n) is 3.17. The maximum Gasteiger partial charge on any atom is 0.220 e. The molecule has 0 radical (unpaired) electrons. The van der Waals surface area contributed by atoms with E-state index in [1.165, 1.54) is 11.3 Å². The van der Waals surface area contributed by atoms with Gasteiger partial charge in [0.25, 0.3) is 0 Å². The lowest BCUT2D eigenvalue weighted by molar-refractivity contribution is -0.121. The summed E-state index contributed by atoms with van der Waals surface area (Å²) in [4.78, 5) is 11.6. The van der Waals surface area contributed by atoms with Gasteiger partial charge in [0.15, 0.2) is 0 Å². The number of aryl methyl sites for hydroxylation is 1. The van der Waals surface area contributed by atoms with Crippen LogP contribution in [0.3, 0.4) is 0 Å². The van der Waals surface area contributed by atoms with Crippen LogP contribution in [-0.2, 0) is 4.79 Å². The Morgan fingerprint density at radius 2 is 2.29 bits per heavy atom. The minimum atomic E-state index is -1.12. The second-order valence-corrected chi connectivity index (χ2v) is 4.29. The highest BCUT2D eigenvalue weighted by Crippen LogP contribution is 2.23. The maximum absolute atomic E-state index is 10.5. The third kappa shape index (κ3) is 2.80. The Labute approximate surface area is 86.0 Å². The van der Waals surface area contributed by atoms with E-state index in [-0.39, 0.29) is 6.42 Å². The number of rotatable bonds is 4. The average molecular weight is 215 g/mol. The SMILES string of the molecule is Cc1cc(C(O)C(O)CC(N)=O)cs1. The number of aliphatic hydroxyl groups is 2. The summed E-state index contributed by atoms with van der Waals surface area (Å²) in [5, 5.41) is 20.8.